The molecule has 2 aliphatic rings. The summed E-state index contributed by atoms with van der Waals surface area (Å²) in [4.78, 5) is 14.8. The molecule has 0 radical (unpaired) electrons. The number of hydrogen-bond acceptors (Lipinski definition) is 6. The third kappa shape index (κ3) is 4.30. The first-order chi connectivity index (χ1) is 13.9. The van der Waals surface area contributed by atoms with Crippen LogP contribution in [-0.2, 0) is 20.4 Å². The van der Waals surface area contributed by atoms with Gasteiger partial charge in [-0.3, -0.25) is 18.6 Å². The number of terminal acetylenes is 1. The molecule has 1 aromatic heterocycles. The van der Waals surface area contributed by atoms with Crippen LogP contribution in [0, 0.1) is 30.8 Å². The maximum Gasteiger partial charge on any atom is 0.397 e. The van der Waals surface area contributed by atoms with Gasteiger partial charge in [-0.25, -0.2) is 4.79 Å². The van der Waals surface area contributed by atoms with E-state index in [1.54, 1.807) is 6.20 Å². The van der Waals surface area contributed by atoms with Crippen LogP contribution in [0.3, 0.4) is 0 Å². The SMILES string of the molecule is C#Cc1cn(C2CCC(COP3OCc4cc(C)cc(C)c4O3)O2)c(=O)[nH]c1=S. The molecule has 1 saturated heterocycles. The monoisotopic (exact) mass is 432 g/mol. The van der Waals surface area contributed by atoms with Crippen LogP contribution in [-0.4, -0.2) is 22.3 Å². The molecule has 0 spiro atoms. The Morgan fingerprint density at radius 1 is 1.41 bits per heavy atom. The number of aryl methyl sites for hydroxylation is 2. The van der Waals surface area contributed by atoms with Crippen LogP contribution >= 0.6 is 20.8 Å². The van der Waals surface area contributed by atoms with Crippen molar-refractivity contribution in [3.8, 4) is 18.1 Å². The zero-order valence-electron chi connectivity index (χ0n) is 16.1. The van der Waals surface area contributed by atoms with E-state index in [1.165, 1.54) is 10.1 Å². The number of rotatable bonds is 4. The number of hydrogen-bond donors (Lipinski definition) is 1. The van der Waals surface area contributed by atoms with Gasteiger partial charge in [0.15, 0.2) is 0 Å². The Balaban J connectivity index is 1.36. The van der Waals surface area contributed by atoms with Gasteiger partial charge in [0.2, 0.25) is 0 Å². The van der Waals surface area contributed by atoms with Crippen molar-refractivity contribution < 1.29 is 18.3 Å². The van der Waals surface area contributed by atoms with E-state index in [1.807, 2.05) is 13.8 Å². The molecule has 0 saturated carbocycles. The molecule has 2 aromatic rings. The lowest BCUT2D eigenvalue weighted by Crippen LogP contribution is -2.28. The van der Waals surface area contributed by atoms with Gasteiger partial charge < -0.3 is 9.26 Å². The maximum atomic E-state index is 12.2. The highest BCUT2D eigenvalue weighted by molar-refractivity contribution is 7.71. The third-order valence-corrected chi connectivity index (χ3v) is 6.23. The summed E-state index contributed by atoms with van der Waals surface area (Å²) in [7, 11) is -1.48. The number of aromatic nitrogens is 2. The highest BCUT2D eigenvalue weighted by Gasteiger charge is 2.31. The minimum absolute atomic E-state index is 0.167. The summed E-state index contributed by atoms with van der Waals surface area (Å²) in [6, 6.07) is 4.14. The Morgan fingerprint density at radius 2 is 2.24 bits per heavy atom. The standard InChI is InChI=1S/C20H21N2O5PS/c1-4-14-9-22(20(23)21-19(14)29)17-6-5-16(26-17)11-25-28-24-10-15-8-12(2)7-13(3)18(15)27-28/h1,7-9,16-17H,5-6,10-11H2,2-3H3,(H,21,23,29). The van der Waals surface area contributed by atoms with Gasteiger partial charge in [-0.15, -0.1) is 6.42 Å². The summed E-state index contributed by atoms with van der Waals surface area (Å²) in [6.45, 7) is 4.85. The highest BCUT2D eigenvalue weighted by Crippen LogP contribution is 2.49. The number of nitrogens with one attached hydrogen (secondary N) is 1. The molecule has 3 unspecified atom stereocenters. The van der Waals surface area contributed by atoms with Crippen molar-refractivity contribution in [3.63, 3.8) is 0 Å². The normalized spacial score (nSPS) is 23.3. The zero-order chi connectivity index (χ0) is 20.5. The number of benzene rings is 1. The Morgan fingerprint density at radius 3 is 3.03 bits per heavy atom. The number of ether oxygens (including phenoxy) is 1. The Bertz CT molecular complexity index is 1090. The summed E-state index contributed by atoms with van der Waals surface area (Å²) in [5.74, 6) is 3.31. The third-order valence-electron chi connectivity index (χ3n) is 4.87. The number of H-pyrrole nitrogens is 1. The minimum Gasteiger partial charge on any atom is -0.426 e. The van der Waals surface area contributed by atoms with Gasteiger partial charge in [0.25, 0.3) is 0 Å². The van der Waals surface area contributed by atoms with Gasteiger partial charge in [-0.1, -0.05) is 35.8 Å². The van der Waals surface area contributed by atoms with Crippen LogP contribution in [0.4, 0.5) is 0 Å². The van der Waals surface area contributed by atoms with E-state index in [2.05, 4.69) is 23.0 Å². The summed E-state index contributed by atoms with van der Waals surface area (Å²) in [6.07, 6.45) is 7.84. The molecule has 1 N–H and O–H groups in total. The molecular formula is C20H21N2O5PS. The number of fused-ring (bicyclic) bond motifs is 1. The van der Waals surface area contributed by atoms with Crippen LogP contribution < -0.4 is 10.2 Å². The van der Waals surface area contributed by atoms with Gasteiger partial charge in [0, 0.05) is 11.8 Å². The average molecular weight is 432 g/mol. The zero-order valence-corrected chi connectivity index (χ0v) is 17.8. The lowest BCUT2D eigenvalue weighted by atomic mass is 10.1. The van der Waals surface area contributed by atoms with Crippen LogP contribution in [0.1, 0.15) is 41.3 Å². The van der Waals surface area contributed by atoms with Crippen LogP contribution in [0.2, 0.25) is 0 Å². The Hall–Kier alpha value is -2.01. The molecule has 0 bridgehead atoms. The van der Waals surface area contributed by atoms with Gasteiger partial charge in [-0.2, -0.15) is 0 Å². The molecule has 0 aliphatic carbocycles. The van der Waals surface area contributed by atoms with Crippen molar-refractivity contribution in [1.82, 2.24) is 9.55 Å². The van der Waals surface area contributed by atoms with Crippen molar-refractivity contribution in [1.29, 1.82) is 0 Å². The van der Waals surface area contributed by atoms with Crippen molar-refractivity contribution in [3.05, 3.63) is 55.7 Å². The quantitative estimate of drug-likeness (QED) is 0.447. The minimum atomic E-state index is -1.48. The first-order valence-electron chi connectivity index (χ1n) is 9.26. The van der Waals surface area contributed by atoms with E-state index in [0.29, 0.717) is 25.2 Å². The van der Waals surface area contributed by atoms with Crippen molar-refractivity contribution >= 4 is 20.8 Å². The molecule has 7 nitrogen and oxygen atoms in total. The summed E-state index contributed by atoms with van der Waals surface area (Å²) < 4.78 is 25.2. The van der Waals surface area contributed by atoms with E-state index in [-0.39, 0.29) is 16.4 Å². The van der Waals surface area contributed by atoms with Crippen molar-refractivity contribution in [2.45, 2.75) is 45.6 Å². The van der Waals surface area contributed by atoms with E-state index in [0.717, 1.165) is 23.3 Å². The van der Waals surface area contributed by atoms with E-state index in [4.69, 9.17) is 36.9 Å². The average Bonchev–Trinajstić information content (AvgIpc) is 3.15. The fourth-order valence-corrected chi connectivity index (χ4v) is 4.85. The van der Waals surface area contributed by atoms with E-state index in [9.17, 15) is 4.79 Å². The molecule has 2 aliphatic heterocycles. The Kier molecular flexibility index (Phi) is 5.86. The summed E-state index contributed by atoms with van der Waals surface area (Å²) >= 11 is 5.06. The maximum absolute atomic E-state index is 12.2. The Labute approximate surface area is 175 Å². The smallest absolute Gasteiger partial charge is 0.397 e. The number of nitrogens with zero attached hydrogens (tertiary/aromatic N) is 1. The lowest BCUT2D eigenvalue weighted by Gasteiger charge is -2.26. The second-order valence-electron chi connectivity index (χ2n) is 7.10. The summed E-state index contributed by atoms with van der Waals surface area (Å²) in [5.41, 5.74) is 3.40. The van der Waals surface area contributed by atoms with Gasteiger partial charge >= 0.3 is 14.3 Å². The molecule has 3 heterocycles. The molecule has 3 atom stereocenters. The molecule has 152 valence electrons. The highest BCUT2D eigenvalue weighted by atomic mass is 32.1. The molecule has 4 rings (SSSR count). The first kappa shape index (κ1) is 20.3. The largest absolute Gasteiger partial charge is 0.426 e. The lowest BCUT2D eigenvalue weighted by molar-refractivity contribution is -0.0229. The van der Waals surface area contributed by atoms with Gasteiger partial charge in [0.05, 0.1) is 24.9 Å². The first-order valence-corrected chi connectivity index (χ1v) is 10.8. The predicted molar refractivity (Wildman–Crippen MR) is 111 cm³/mol. The number of aromatic amines is 1. The van der Waals surface area contributed by atoms with Crippen LogP contribution in [0.5, 0.6) is 5.75 Å². The summed E-state index contributed by atoms with van der Waals surface area (Å²) in [5, 5.41) is 0. The predicted octanol–water partition coefficient (Wildman–Crippen LogP) is 4.03. The molecule has 29 heavy (non-hydrogen) atoms. The van der Waals surface area contributed by atoms with Gasteiger partial charge in [-0.05, 0) is 32.3 Å². The second-order valence-corrected chi connectivity index (χ2v) is 8.65. The second kappa shape index (κ2) is 8.39. The van der Waals surface area contributed by atoms with Crippen LogP contribution in [0.15, 0.2) is 23.1 Å². The van der Waals surface area contributed by atoms with E-state index >= 15 is 0 Å². The molecule has 1 aromatic carbocycles. The molecular weight excluding hydrogens is 411 g/mol. The fourth-order valence-electron chi connectivity index (χ4n) is 3.53. The fraction of sp³-hybridized carbons (Fsp3) is 0.400. The van der Waals surface area contributed by atoms with Crippen molar-refractivity contribution in [2.24, 2.45) is 0 Å². The van der Waals surface area contributed by atoms with Crippen LogP contribution in [0.25, 0.3) is 0 Å². The van der Waals surface area contributed by atoms with Gasteiger partial charge in [0.1, 0.15) is 16.6 Å². The van der Waals surface area contributed by atoms with E-state index < -0.39 is 14.8 Å². The molecule has 1 fully saturated rings. The molecule has 0 amide bonds. The topological polar surface area (TPSA) is 74.7 Å². The van der Waals surface area contributed by atoms with Crippen molar-refractivity contribution in [2.75, 3.05) is 6.61 Å². The molecule has 9 heteroatoms.